The molecule has 11 heavy (non-hydrogen) atoms. The van der Waals surface area contributed by atoms with E-state index in [9.17, 15) is 4.79 Å². The smallest absolute Gasteiger partial charge is 0.139 e. The Bertz CT molecular complexity index is 162. The molecule has 62 valence electrons. The predicted molar refractivity (Wildman–Crippen MR) is 43.0 cm³/mol. The SMILES string of the molecule is NC1C[C@H]2CCC[C@@H](C1)C2=O. The molecule has 0 saturated heterocycles. The monoisotopic (exact) mass is 153 g/mol. The molecule has 1 unspecified atom stereocenters. The normalized spacial score (nSPS) is 44.1. The maximum Gasteiger partial charge on any atom is 0.139 e. The Morgan fingerprint density at radius 3 is 2.27 bits per heavy atom. The Labute approximate surface area is 67.1 Å². The molecular formula is C9H15NO. The number of nitrogens with two attached hydrogens (primary N) is 1. The molecule has 2 heteroatoms. The van der Waals surface area contributed by atoms with Crippen molar-refractivity contribution in [1.82, 2.24) is 0 Å². The second-order valence-electron chi connectivity index (χ2n) is 3.96. The standard InChI is InChI=1S/C9H15NO/c10-8-4-6-2-1-3-7(5-8)9(6)11/h6-8H,1-5,10H2/t6-,7+,8?. The second-order valence-corrected chi connectivity index (χ2v) is 3.96. The van der Waals surface area contributed by atoms with Gasteiger partial charge in [0.15, 0.2) is 0 Å². The summed E-state index contributed by atoms with van der Waals surface area (Å²) in [5, 5.41) is 0. The molecule has 2 fully saturated rings. The van der Waals surface area contributed by atoms with E-state index in [2.05, 4.69) is 0 Å². The first-order valence-electron chi connectivity index (χ1n) is 4.56. The lowest BCUT2D eigenvalue weighted by Crippen LogP contribution is -2.42. The van der Waals surface area contributed by atoms with Crippen LogP contribution < -0.4 is 5.73 Å². The van der Waals surface area contributed by atoms with Crippen molar-refractivity contribution in [2.75, 3.05) is 0 Å². The third-order valence-electron chi connectivity index (χ3n) is 3.08. The van der Waals surface area contributed by atoms with Gasteiger partial charge in [-0.2, -0.15) is 0 Å². The number of carbonyl (C=O) groups excluding carboxylic acids is 1. The van der Waals surface area contributed by atoms with Gasteiger partial charge in [-0.25, -0.2) is 0 Å². The minimum absolute atomic E-state index is 0.308. The van der Waals surface area contributed by atoms with Crippen LogP contribution >= 0.6 is 0 Å². The van der Waals surface area contributed by atoms with Crippen LogP contribution in [0.3, 0.4) is 0 Å². The predicted octanol–water partition coefficient (Wildman–Crippen LogP) is 1.09. The van der Waals surface area contributed by atoms with Crippen molar-refractivity contribution in [3.05, 3.63) is 0 Å². The summed E-state index contributed by atoms with van der Waals surface area (Å²) in [5.41, 5.74) is 5.84. The van der Waals surface area contributed by atoms with Gasteiger partial charge in [0.25, 0.3) is 0 Å². The molecule has 2 aliphatic rings. The quantitative estimate of drug-likeness (QED) is 0.566. The van der Waals surface area contributed by atoms with Crippen molar-refractivity contribution in [2.45, 2.75) is 38.1 Å². The van der Waals surface area contributed by atoms with E-state index in [0.717, 1.165) is 25.7 Å². The van der Waals surface area contributed by atoms with E-state index in [-0.39, 0.29) is 0 Å². The molecule has 2 rings (SSSR count). The first-order valence-corrected chi connectivity index (χ1v) is 4.56. The highest BCUT2D eigenvalue weighted by molar-refractivity contribution is 5.85. The fourth-order valence-corrected chi connectivity index (χ4v) is 2.52. The van der Waals surface area contributed by atoms with Gasteiger partial charge in [0.1, 0.15) is 5.78 Å². The van der Waals surface area contributed by atoms with Crippen LogP contribution in [0, 0.1) is 11.8 Å². The zero-order chi connectivity index (χ0) is 7.84. The van der Waals surface area contributed by atoms with Crippen LogP contribution in [0.25, 0.3) is 0 Å². The van der Waals surface area contributed by atoms with Crippen molar-refractivity contribution >= 4 is 5.78 Å². The molecule has 2 bridgehead atoms. The molecule has 0 aromatic carbocycles. The topological polar surface area (TPSA) is 43.1 Å². The van der Waals surface area contributed by atoms with Gasteiger partial charge in [0.05, 0.1) is 0 Å². The first-order chi connectivity index (χ1) is 5.27. The average Bonchev–Trinajstić information content (AvgIpc) is 1.92. The molecule has 0 heterocycles. The average molecular weight is 153 g/mol. The van der Waals surface area contributed by atoms with E-state index in [0.29, 0.717) is 23.7 Å². The molecule has 0 amide bonds. The highest BCUT2D eigenvalue weighted by Crippen LogP contribution is 2.36. The molecule has 3 atom stereocenters. The number of hydrogen-bond acceptors (Lipinski definition) is 2. The van der Waals surface area contributed by atoms with E-state index in [1.807, 2.05) is 0 Å². The summed E-state index contributed by atoms with van der Waals surface area (Å²) in [6.45, 7) is 0. The van der Waals surface area contributed by atoms with E-state index < -0.39 is 0 Å². The van der Waals surface area contributed by atoms with Gasteiger partial charge in [0.2, 0.25) is 0 Å². The largest absolute Gasteiger partial charge is 0.328 e. The maximum absolute atomic E-state index is 11.5. The van der Waals surface area contributed by atoms with Gasteiger partial charge in [-0.1, -0.05) is 6.42 Å². The van der Waals surface area contributed by atoms with Crippen LogP contribution in [0.15, 0.2) is 0 Å². The molecule has 0 aromatic heterocycles. The second kappa shape index (κ2) is 2.59. The third-order valence-corrected chi connectivity index (χ3v) is 3.08. The fraction of sp³-hybridized carbons (Fsp3) is 0.889. The van der Waals surface area contributed by atoms with E-state index in [4.69, 9.17) is 5.73 Å². The Morgan fingerprint density at radius 2 is 1.73 bits per heavy atom. The highest BCUT2D eigenvalue weighted by atomic mass is 16.1. The zero-order valence-corrected chi connectivity index (χ0v) is 6.75. The molecule has 2 saturated carbocycles. The Hall–Kier alpha value is -0.370. The van der Waals surface area contributed by atoms with Crippen molar-refractivity contribution in [2.24, 2.45) is 17.6 Å². The van der Waals surface area contributed by atoms with Crippen molar-refractivity contribution in [3.8, 4) is 0 Å². The fourth-order valence-electron chi connectivity index (χ4n) is 2.52. The summed E-state index contributed by atoms with van der Waals surface area (Å²) in [7, 11) is 0. The molecular weight excluding hydrogens is 138 g/mol. The lowest BCUT2D eigenvalue weighted by Gasteiger charge is -2.35. The highest BCUT2D eigenvalue weighted by Gasteiger charge is 2.37. The van der Waals surface area contributed by atoms with Crippen LogP contribution in [-0.4, -0.2) is 11.8 Å². The Balaban J connectivity index is 2.13. The molecule has 0 aliphatic heterocycles. The van der Waals surface area contributed by atoms with Crippen LogP contribution in [0.5, 0.6) is 0 Å². The van der Waals surface area contributed by atoms with Crippen LogP contribution in [0.4, 0.5) is 0 Å². The summed E-state index contributed by atoms with van der Waals surface area (Å²) < 4.78 is 0. The van der Waals surface area contributed by atoms with Crippen molar-refractivity contribution in [1.29, 1.82) is 0 Å². The number of rotatable bonds is 0. The van der Waals surface area contributed by atoms with Crippen LogP contribution in [0.1, 0.15) is 32.1 Å². The van der Waals surface area contributed by atoms with Gasteiger partial charge in [-0.3, -0.25) is 4.79 Å². The van der Waals surface area contributed by atoms with Gasteiger partial charge < -0.3 is 5.73 Å². The minimum Gasteiger partial charge on any atom is -0.328 e. The number of carbonyl (C=O) groups is 1. The summed E-state index contributed by atoms with van der Waals surface area (Å²) >= 11 is 0. The Morgan fingerprint density at radius 1 is 1.18 bits per heavy atom. The van der Waals surface area contributed by atoms with E-state index in [1.165, 1.54) is 6.42 Å². The Kier molecular flexibility index (Phi) is 1.72. The number of Topliss-reactive ketones (excluding diaryl/α,β-unsaturated/α-hetero) is 1. The van der Waals surface area contributed by atoms with Gasteiger partial charge >= 0.3 is 0 Å². The van der Waals surface area contributed by atoms with Crippen molar-refractivity contribution in [3.63, 3.8) is 0 Å². The van der Waals surface area contributed by atoms with Crippen LogP contribution in [0.2, 0.25) is 0 Å². The molecule has 2 aliphatic carbocycles. The summed E-state index contributed by atoms with van der Waals surface area (Å²) in [4.78, 5) is 11.5. The van der Waals surface area contributed by atoms with Gasteiger partial charge in [0, 0.05) is 17.9 Å². The van der Waals surface area contributed by atoms with Crippen LogP contribution in [-0.2, 0) is 4.79 Å². The van der Waals surface area contributed by atoms with Gasteiger partial charge in [-0.05, 0) is 25.7 Å². The molecule has 0 spiro atoms. The lowest BCUT2D eigenvalue weighted by molar-refractivity contribution is -0.132. The van der Waals surface area contributed by atoms with E-state index in [1.54, 1.807) is 0 Å². The third kappa shape index (κ3) is 1.20. The summed E-state index contributed by atoms with van der Waals surface area (Å²) in [6, 6.07) is 0.308. The number of hydrogen-bond donors (Lipinski definition) is 1. The van der Waals surface area contributed by atoms with Gasteiger partial charge in [-0.15, -0.1) is 0 Å². The summed E-state index contributed by atoms with van der Waals surface area (Å²) in [5.74, 6) is 1.17. The van der Waals surface area contributed by atoms with E-state index >= 15 is 0 Å². The maximum atomic E-state index is 11.5. The van der Waals surface area contributed by atoms with Crippen molar-refractivity contribution < 1.29 is 4.79 Å². The molecule has 0 aromatic rings. The molecule has 2 nitrogen and oxygen atoms in total. The summed E-state index contributed by atoms with van der Waals surface area (Å²) in [6.07, 6.45) is 5.35. The molecule has 0 radical (unpaired) electrons. The first kappa shape index (κ1) is 7.29. The number of ketones is 1. The molecule has 2 N–H and O–H groups in total. The number of fused-ring (bicyclic) bond motifs is 2. The zero-order valence-electron chi connectivity index (χ0n) is 6.75. The lowest BCUT2D eigenvalue weighted by atomic mass is 9.70. The minimum atomic E-state index is 0.308.